The molecule has 0 aliphatic heterocycles. The summed E-state index contributed by atoms with van der Waals surface area (Å²) in [5.41, 5.74) is 7.73. The third kappa shape index (κ3) is 5.83. The highest BCUT2D eigenvalue weighted by Gasteiger charge is 2.35. The van der Waals surface area contributed by atoms with E-state index in [4.69, 9.17) is 14.8 Å². The Morgan fingerprint density at radius 1 is 0.750 bits per heavy atom. The Labute approximate surface area is 183 Å². The lowest BCUT2D eigenvalue weighted by Gasteiger charge is -2.24. The fraction of sp³-hybridized carbons (Fsp3) is 0.143. The summed E-state index contributed by atoms with van der Waals surface area (Å²) < 4.78 is 24.9. The van der Waals surface area contributed by atoms with Crippen molar-refractivity contribution >= 4 is 19.0 Å². The number of hydrogen-bond donors (Lipinski definition) is 1. The fourth-order valence-corrected chi connectivity index (χ4v) is 4.38. The number of nitro benzene ring substituents is 2. The molecule has 1 atom stereocenters. The summed E-state index contributed by atoms with van der Waals surface area (Å²) in [6.45, 7) is -0.286. The summed E-state index contributed by atoms with van der Waals surface area (Å²) in [6.07, 6.45) is 0. The standard InChI is InChI=1S/C21H20N3O7P/c22-21(18-4-2-1-3-5-18)32(29,30-14-16-6-10-19(11-7-16)23(25)26)31-15-17-8-12-20(13-9-17)24(27)28/h1-13,21H,14-15,22H2. The normalized spacial score (nSPS) is 12.3. The number of nitrogens with two attached hydrogens (primary N) is 1. The van der Waals surface area contributed by atoms with Crippen molar-refractivity contribution in [1.82, 2.24) is 0 Å². The second-order valence-corrected chi connectivity index (χ2v) is 8.94. The quantitative estimate of drug-likeness (QED) is 0.251. The average molecular weight is 457 g/mol. The Balaban J connectivity index is 1.78. The SMILES string of the molecule is NC(c1ccccc1)P(=O)(OCc1ccc([N+](=O)[O-])cc1)OCc1ccc([N+](=O)[O-])cc1. The lowest BCUT2D eigenvalue weighted by molar-refractivity contribution is -0.385. The minimum atomic E-state index is -3.92. The Hall–Kier alpha value is -3.43. The molecule has 0 saturated carbocycles. The van der Waals surface area contributed by atoms with Gasteiger partial charge in [0, 0.05) is 24.3 Å². The van der Waals surface area contributed by atoms with Gasteiger partial charge in [-0.3, -0.25) is 24.8 Å². The molecule has 0 bridgehead atoms. The van der Waals surface area contributed by atoms with E-state index in [1.807, 2.05) is 0 Å². The highest BCUT2D eigenvalue weighted by Crippen LogP contribution is 2.59. The third-order valence-electron chi connectivity index (χ3n) is 4.60. The summed E-state index contributed by atoms with van der Waals surface area (Å²) in [6, 6.07) is 19.9. The smallest absolute Gasteiger partial charge is 0.314 e. The van der Waals surface area contributed by atoms with Crippen LogP contribution in [0.5, 0.6) is 0 Å². The molecule has 0 heterocycles. The molecule has 2 N–H and O–H groups in total. The molecule has 3 aromatic carbocycles. The molecule has 0 aliphatic carbocycles. The third-order valence-corrected chi connectivity index (χ3v) is 6.56. The van der Waals surface area contributed by atoms with Gasteiger partial charge in [0.25, 0.3) is 11.4 Å². The van der Waals surface area contributed by atoms with Gasteiger partial charge in [0.05, 0.1) is 23.1 Å². The van der Waals surface area contributed by atoms with E-state index in [0.717, 1.165) is 0 Å². The molecule has 3 aromatic rings. The van der Waals surface area contributed by atoms with E-state index >= 15 is 0 Å². The first kappa shape index (κ1) is 23.2. The van der Waals surface area contributed by atoms with Gasteiger partial charge in [-0.05, 0) is 41.0 Å². The summed E-state index contributed by atoms with van der Waals surface area (Å²) in [5.74, 6) is -1.08. The van der Waals surface area contributed by atoms with Gasteiger partial charge < -0.3 is 14.8 Å². The van der Waals surface area contributed by atoms with Crippen LogP contribution >= 0.6 is 7.60 Å². The zero-order valence-corrected chi connectivity index (χ0v) is 17.7. The predicted octanol–water partition coefficient (Wildman–Crippen LogP) is 5.09. The van der Waals surface area contributed by atoms with Gasteiger partial charge in [-0.2, -0.15) is 0 Å². The lowest BCUT2D eigenvalue weighted by atomic mass is 10.2. The topological polar surface area (TPSA) is 148 Å². The van der Waals surface area contributed by atoms with Gasteiger partial charge >= 0.3 is 7.60 Å². The van der Waals surface area contributed by atoms with Crippen LogP contribution in [0.2, 0.25) is 0 Å². The molecular weight excluding hydrogens is 437 g/mol. The van der Waals surface area contributed by atoms with Crippen LogP contribution < -0.4 is 5.73 Å². The highest BCUT2D eigenvalue weighted by molar-refractivity contribution is 7.54. The predicted molar refractivity (Wildman–Crippen MR) is 117 cm³/mol. The van der Waals surface area contributed by atoms with Crippen LogP contribution in [0.4, 0.5) is 11.4 Å². The summed E-state index contributed by atoms with van der Waals surface area (Å²) in [4.78, 5) is 20.6. The van der Waals surface area contributed by atoms with E-state index in [-0.39, 0.29) is 24.6 Å². The van der Waals surface area contributed by atoms with E-state index in [0.29, 0.717) is 16.7 Å². The molecule has 32 heavy (non-hydrogen) atoms. The van der Waals surface area contributed by atoms with Crippen molar-refractivity contribution in [3.8, 4) is 0 Å². The molecule has 0 fully saturated rings. The zero-order valence-electron chi connectivity index (χ0n) is 16.8. The van der Waals surface area contributed by atoms with Crippen LogP contribution in [-0.4, -0.2) is 9.85 Å². The minimum absolute atomic E-state index is 0.0765. The van der Waals surface area contributed by atoms with Gasteiger partial charge in [0.1, 0.15) is 5.78 Å². The molecule has 0 spiro atoms. The number of hydrogen-bond acceptors (Lipinski definition) is 8. The molecular formula is C21H20N3O7P. The van der Waals surface area contributed by atoms with Crippen molar-refractivity contribution in [3.63, 3.8) is 0 Å². The Kier molecular flexibility index (Phi) is 7.45. The number of rotatable bonds is 10. The van der Waals surface area contributed by atoms with Crippen molar-refractivity contribution in [1.29, 1.82) is 0 Å². The average Bonchev–Trinajstić information content (AvgIpc) is 2.82. The van der Waals surface area contributed by atoms with Crippen LogP contribution in [0, 0.1) is 20.2 Å². The van der Waals surface area contributed by atoms with Crippen molar-refractivity contribution in [2.24, 2.45) is 5.73 Å². The van der Waals surface area contributed by atoms with Crippen LogP contribution in [0.15, 0.2) is 78.9 Å². The Bertz CT molecular complexity index is 1060. The molecule has 11 heteroatoms. The first-order chi connectivity index (χ1) is 15.3. The van der Waals surface area contributed by atoms with Crippen molar-refractivity contribution < 1.29 is 23.5 Å². The van der Waals surface area contributed by atoms with E-state index in [1.54, 1.807) is 30.3 Å². The maximum atomic E-state index is 13.6. The lowest BCUT2D eigenvalue weighted by Crippen LogP contribution is -2.15. The van der Waals surface area contributed by atoms with Crippen molar-refractivity contribution in [2.45, 2.75) is 19.0 Å². The molecule has 3 rings (SSSR count). The monoisotopic (exact) mass is 457 g/mol. The summed E-state index contributed by atoms with van der Waals surface area (Å²) in [5, 5.41) is 21.6. The second kappa shape index (κ2) is 10.3. The molecule has 166 valence electrons. The number of non-ortho nitro benzene ring substituents is 2. The fourth-order valence-electron chi connectivity index (χ4n) is 2.79. The first-order valence-electron chi connectivity index (χ1n) is 9.44. The van der Waals surface area contributed by atoms with Gasteiger partial charge in [0.2, 0.25) is 0 Å². The van der Waals surface area contributed by atoms with Gasteiger partial charge in [-0.15, -0.1) is 0 Å². The van der Waals surface area contributed by atoms with E-state index in [1.165, 1.54) is 48.5 Å². The minimum Gasteiger partial charge on any atom is -0.314 e. The number of nitrogens with zero attached hydrogens (tertiary/aromatic N) is 2. The second-order valence-electron chi connectivity index (χ2n) is 6.79. The van der Waals surface area contributed by atoms with Crippen molar-refractivity contribution in [3.05, 3.63) is 116 Å². The van der Waals surface area contributed by atoms with Gasteiger partial charge in [0.15, 0.2) is 0 Å². The molecule has 0 radical (unpaired) electrons. The molecule has 0 amide bonds. The van der Waals surface area contributed by atoms with E-state index < -0.39 is 23.2 Å². The van der Waals surface area contributed by atoms with E-state index in [2.05, 4.69) is 0 Å². The van der Waals surface area contributed by atoms with Crippen LogP contribution in [0.25, 0.3) is 0 Å². The Morgan fingerprint density at radius 3 is 1.53 bits per heavy atom. The van der Waals surface area contributed by atoms with Gasteiger partial charge in [-0.1, -0.05) is 30.3 Å². The maximum Gasteiger partial charge on any atom is 0.352 e. The van der Waals surface area contributed by atoms with E-state index in [9.17, 15) is 24.8 Å². The molecule has 0 aliphatic rings. The van der Waals surface area contributed by atoms with Crippen molar-refractivity contribution in [2.75, 3.05) is 0 Å². The highest BCUT2D eigenvalue weighted by atomic mass is 31.2. The largest absolute Gasteiger partial charge is 0.352 e. The summed E-state index contributed by atoms with van der Waals surface area (Å²) in [7, 11) is -3.92. The van der Waals surface area contributed by atoms with Crippen LogP contribution in [-0.2, 0) is 26.8 Å². The van der Waals surface area contributed by atoms with Crippen LogP contribution in [0.3, 0.4) is 0 Å². The molecule has 1 unspecified atom stereocenters. The zero-order chi connectivity index (χ0) is 23.1. The first-order valence-corrected chi connectivity index (χ1v) is 11.1. The van der Waals surface area contributed by atoms with Gasteiger partial charge in [-0.25, -0.2) is 0 Å². The Morgan fingerprint density at radius 2 is 1.16 bits per heavy atom. The maximum absolute atomic E-state index is 13.6. The van der Waals surface area contributed by atoms with Crippen LogP contribution in [0.1, 0.15) is 22.5 Å². The number of benzene rings is 3. The molecule has 0 saturated heterocycles. The molecule has 10 nitrogen and oxygen atoms in total. The molecule has 0 aromatic heterocycles. The number of nitro groups is 2. The summed E-state index contributed by atoms with van der Waals surface area (Å²) >= 11 is 0.